The lowest BCUT2D eigenvalue weighted by molar-refractivity contribution is 0.689. The predicted octanol–water partition coefficient (Wildman–Crippen LogP) is 2.61. The molecule has 0 aliphatic heterocycles. The summed E-state index contributed by atoms with van der Waals surface area (Å²) in [5.74, 6) is 0. The lowest BCUT2D eigenvalue weighted by Gasteiger charge is -2.03. The second-order valence-corrected chi connectivity index (χ2v) is 4.74. The van der Waals surface area contributed by atoms with Crippen molar-refractivity contribution >= 4 is 11.3 Å². The summed E-state index contributed by atoms with van der Waals surface area (Å²) in [4.78, 5) is 4.38. The Morgan fingerprint density at radius 2 is 2.29 bits per heavy atom. The average Bonchev–Trinajstić information content (AvgIpc) is 2.75. The number of rotatable bonds is 4. The van der Waals surface area contributed by atoms with Crippen LogP contribution in [-0.2, 0) is 13.1 Å². The second-order valence-electron chi connectivity index (χ2n) is 3.80. The largest absolute Gasteiger partial charge is 0.306 e. The molecule has 0 aliphatic rings. The minimum atomic E-state index is 0.703. The highest BCUT2D eigenvalue weighted by Gasteiger charge is 1.99. The van der Waals surface area contributed by atoms with Gasteiger partial charge in [0.25, 0.3) is 0 Å². The second kappa shape index (κ2) is 5.58. The van der Waals surface area contributed by atoms with E-state index in [1.807, 2.05) is 36.6 Å². The molecule has 0 spiro atoms. The Morgan fingerprint density at radius 1 is 1.41 bits per heavy atom. The summed E-state index contributed by atoms with van der Waals surface area (Å²) >= 11 is 1.67. The van der Waals surface area contributed by atoms with Gasteiger partial charge >= 0.3 is 0 Å². The molecule has 2 aromatic rings. The molecule has 0 atom stereocenters. The zero-order valence-corrected chi connectivity index (χ0v) is 10.4. The maximum atomic E-state index is 8.79. The van der Waals surface area contributed by atoms with Gasteiger partial charge in [0.05, 0.1) is 11.6 Å². The first-order chi connectivity index (χ1) is 8.28. The molecule has 0 bridgehead atoms. The van der Waals surface area contributed by atoms with Gasteiger partial charge in [-0.15, -0.1) is 11.3 Å². The van der Waals surface area contributed by atoms with Gasteiger partial charge in [-0.1, -0.05) is 12.1 Å². The molecular weight excluding hydrogens is 230 g/mol. The Labute approximate surface area is 105 Å². The Balaban J connectivity index is 1.88. The molecule has 4 heteroatoms. The van der Waals surface area contributed by atoms with Crippen molar-refractivity contribution < 1.29 is 0 Å². The number of nitrogens with zero attached hydrogens (tertiary/aromatic N) is 2. The van der Waals surface area contributed by atoms with Crippen molar-refractivity contribution in [3.8, 4) is 6.07 Å². The molecule has 0 fully saturated rings. The number of hydrogen-bond acceptors (Lipinski definition) is 4. The Hall–Kier alpha value is -1.70. The molecule has 0 unspecified atom stereocenters. The van der Waals surface area contributed by atoms with Crippen LogP contribution in [0.4, 0.5) is 0 Å². The Morgan fingerprint density at radius 3 is 3.00 bits per heavy atom. The molecule has 1 aromatic carbocycles. The molecule has 86 valence electrons. The fourth-order valence-corrected chi connectivity index (χ4v) is 2.29. The van der Waals surface area contributed by atoms with Crippen molar-refractivity contribution in [2.45, 2.75) is 20.0 Å². The fourth-order valence-electron chi connectivity index (χ4n) is 1.55. The summed E-state index contributed by atoms with van der Waals surface area (Å²) in [5, 5.41) is 15.3. The molecular formula is C13H13N3S. The molecule has 0 saturated carbocycles. The average molecular weight is 243 g/mol. The van der Waals surface area contributed by atoms with E-state index in [0.717, 1.165) is 29.4 Å². The molecule has 0 saturated heterocycles. The van der Waals surface area contributed by atoms with Gasteiger partial charge in [-0.2, -0.15) is 5.26 Å². The number of aromatic nitrogens is 1. The van der Waals surface area contributed by atoms with Gasteiger partial charge < -0.3 is 5.32 Å². The van der Waals surface area contributed by atoms with Crippen LogP contribution in [0.25, 0.3) is 0 Å². The van der Waals surface area contributed by atoms with E-state index in [-0.39, 0.29) is 0 Å². The third-order valence-corrected chi connectivity index (χ3v) is 3.29. The van der Waals surface area contributed by atoms with Gasteiger partial charge in [-0.25, -0.2) is 4.98 Å². The Kier molecular flexibility index (Phi) is 3.86. The number of hydrogen-bond donors (Lipinski definition) is 1. The quantitative estimate of drug-likeness (QED) is 0.898. The lowest BCUT2D eigenvalue weighted by Crippen LogP contribution is -2.12. The number of nitriles is 1. The highest BCUT2D eigenvalue weighted by atomic mass is 32.1. The summed E-state index contributed by atoms with van der Waals surface area (Å²) in [6.07, 6.45) is 0. The molecule has 1 aromatic heterocycles. The van der Waals surface area contributed by atoms with Crippen molar-refractivity contribution in [1.29, 1.82) is 5.26 Å². The first kappa shape index (κ1) is 11.8. The van der Waals surface area contributed by atoms with Crippen LogP contribution in [0.15, 0.2) is 29.6 Å². The number of benzene rings is 1. The van der Waals surface area contributed by atoms with E-state index < -0.39 is 0 Å². The van der Waals surface area contributed by atoms with E-state index >= 15 is 0 Å². The highest BCUT2D eigenvalue weighted by molar-refractivity contribution is 7.09. The van der Waals surface area contributed by atoms with Crippen LogP contribution in [0.2, 0.25) is 0 Å². The normalized spacial score (nSPS) is 10.1. The molecule has 2 rings (SSSR count). The van der Waals surface area contributed by atoms with Crippen LogP contribution in [-0.4, -0.2) is 4.98 Å². The standard InChI is InChI=1S/C13H13N3S/c1-10-9-17-13(16-10)8-15-7-12-4-2-3-11(5-12)6-14/h2-5,9,15H,7-8H2,1H3. The van der Waals surface area contributed by atoms with Gasteiger partial charge in [0.15, 0.2) is 0 Å². The number of aryl methyl sites for hydroxylation is 1. The van der Waals surface area contributed by atoms with Gasteiger partial charge in [-0.3, -0.25) is 0 Å². The van der Waals surface area contributed by atoms with Gasteiger partial charge in [0.1, 0.15) is 5.01 Å². The van der Waals surface area contributed by atoms with E-state index in [1.54, 1.807) is 11.3 Å². The van der Waals surface area contributed by atoms with Crippen LogP contribution in [0, 0.1) is 18.3 Å². The van der Waals surface area contributed by atoms with Crippen molar-refractivity contribution in [2.24, 2.45) is 0 Å². The minimum Gasteiger partial charge on any atom is -0.306 e. The summed E-state index contributed by atoms with van der Waals surface area (Å²) in [7, 11) is 0. The van der Waals surface area contributed by atoms with Gasteiger partial charge in [-0.05, 0) is 24.6 Å². The number of thiazole rings is 1. The smallest absolute Gasteiger partial charge is 0.107 e. The maximum absolute atomic E-state index is 8.79. The molecule has 0 amide bonds. The van der Waals surface area contributed by atoms with E-state index in [0.29, 0.717) is 5.56 Å². The first-order valence-electron chi connectivity index (χ1n) is 5.38. The molecule has 1 heterocycles. The SMILES string of the molecule is Cc1csc(CNCc2cccc(C#N)c2)n1. The van der Waals surface area contributed by atoms with Crippen LogP contribution in [0.3, 0.4) is 0 Å². The summed E-state index contributed by atoms with van der Waals surface area (Å²) in [6.45, 7) is 3.53. The van der Waals surface area contributed by atoms with Crippen LogP contribution >= 0.6 is 11.3 Å². The third-order valence-electron chi connectivity index (χ3n) is 2.33. The summed E-state index contributed by atoms with van der Waals surface area (Å²) in [6, 6.07) is 9.78. The molecule has 0 aliphatic carbocycles. The van der Waals surface area contributed by atoms with Crippen molar-refractivity contribution in [1.82, 2.24) is 10.3 Å². The van der Waals surface area contributed by atoms with Crippen molar-refractivity contribution in [3.05, 3.63) is 51.5 Å². The van der Waals surface area contributed by atoms with Crippen LogP contribution in [0.5, 0.6) is 0 Å². The number of nitrogens with one attached hydrogen (secondary N) is 1. The van der Waals surface area contributed by atoms with Crippen molar-refractivity contribution in [2.75, 3.05) is 0 Å². The third kappa shape index (κ3) is 3.38. The summed E-state index contributed by atoms with van der Waals surface area (Å²) < 4.78 is 0. The maximum Gasteiger partial charge on any atom is 0.107 e. The first-order valence-corrected chi connectivity index (χ1v) is 6.26. The van der Waals surface area contributed by atoms with Gasteiger partial charge in [0, 0.05) is 24.2 Å². The zero-order chi connectivity index (χ0) is 12.1. The molecule has 3 nitrogen and oxygen atoms in total. The van der Waals surface area contributed by atoms with E-state index in [1.165, 1.54) is 0 Å². The highest BCUT2D eigenvalue weighted by Crippen LogP contribution is 2.09. The zero-order valence-electron chi connectivity index (χ0n) is 9.60. The summed E-state index contributed by atoms with van der Waals surface area (Å²) in [5.41, 5.74) is 2.89. The predicted molar refractivity (Wildman–Crippen MR) is 68.6 cm³/mol. The van der Waals surface area contributed by atoms with Crippen LogP contribution in [0.1, 0.15) is 21.8 Å². The van der Waals surface area contributed by atoms with E-state index in [4.69, 9.17) is 5.26 Å². The molecule has 0 radical (unpaired) electrons. The lowest BCUT2D eigenvalue weighted by atomic mass is 10.1. The fraction of sp³-hybridized carbons (Fsp3) is 0.231. The van der Waals surface area contributed by atoms with Crippen molar-refractivity contribution in [3.63, 3.8) is 0 Å². The van der Waals surface area contributed by atoms with Crippen LogP contribution < -0.4 is 5.32 Å². The minimum absolute atomic E-state index is 0.703. The van der Waals surface area contributed by atoms with E-state index in [9.17, 15) is 0 Å². The molecule has 1 N–H and O–H groups in total. The Bertz CT molecular complexity index is 540. The molecule has 17 heavy (non-hydrogen) atoms. The van der Waals surface area contributed by atoms with E-state index in [2.05, 4.69) is 16.4 Å². The topological polar surface area (TPSA) is 48.7 Å². The van der Waals surface area contributed by atoms with Gasteiger partial charge in [0.2, 0.25) is 0 Å². The monoisotopic (exact) mass is 243 g/mol.